The van der Waals surface area contributed by atoms with Crippen LogP contribution in [0.25, 0.3) is 0 Å². The number of carbonyl (C=O) groups is 1. The van der Waals surface area contributed by atoms with Crippen LogP contribution < -0.4 is 5.32 Å². The smallest absolute Gasteiger partial charge is 0.227 e. The SMILES string of the molecule is CC(C)N1C[C@H](C(=O)N2CCN(C3(CNCc4cncnc4)CCCCC3)CC2)[C@@H](c2ccc(Cl)cc2)C1. The van der Waals surface area contributed by atoms with Gasteiger partial charge in [-0.05, 0) is 44.4 Å². The van der Waals surface area contributed by atoms with Crippen LogP contribution in [0.3, 0.4) is 0 Å². The maximum atomic E-state index is 13.9. The largest absolute Gasteiger partial charge is 0.340 e. The summed E-state index contributed by atoms with van der Waals surface area (Å²) in [6.45, 7) is 11.5. The van der Waals surface area contributed by atoms with Crippen LogP contribution in [0.15, 0.2) is 43.0 Å². The number of hydrogen-bond donors (Lipinski definition) is 1. The molecule has 0 radical (unpaired) electrons. The number of carbonyl (C=O) groups excluding carboxylic acids is 1. The lowest BCUT2D eigenvalue weighted by atomic mass is 9.79. The van der Waals surface area contributed by atoms with E-state index in [4.69, 9.17) is 11.6 Å². The predicted molar refractivity (Wildman–Crippen MR) is 152 cm³/mol. The number of benzene rings is 1. The highest BCUT2D eigenvalue weighted by Crippen LogP contribution is 2.37. The van der Waals surface area contributed by atoms with Crippen LogP contribution in [0.2, 0.25) is 5.02 Å². The molecule has 8 heteroatoms. The molecule has 5 rings (SSSR count). The maximum Gasteiger partial charge on any atom is 0.227 e. The van der Waals surface area contributed by atoms with Gasteiger partial charge in [-0.3, -0.25) is 14.6 Å². The van der Waals surface area contributed by atoms with Gasteiger partial charge in [-0.2, -0.15) is 0 Å². The number of nitrogens with zero attached hydrogens (tertiary/aromatic N) is 5. The Bertz CT molecular complexity index is 1030. The van der Waals surface area contributed by atoms with Crippen LogP contribution in [0.5, 0.6) is 0 Å². The molecule has 3 heterocycles. The van der Waals surface area contributed by atoms with Gasteiger partial charge in [-0.1, -0.05) is 43.0 Å². The van der Waals surface area contributed by atoms with Crippen LogP contribution in [-0.2, 0) is 11.3 Å². The monoisotopic (exact) mass is 538 g/mol. The van der Waals surface area contributed by atoms with E-state index in [0.717, 1.165) is 62.9 Å². The quantitative estimate of drug-likeness (QED) is 0.543. The number of amides is 1. The van der Waals surface area contributed by atoms with Crippen LogP contribution >= 0.6 is 11.6 Å². The zero-order chi connectivity index (χ0) is 26.5. The second-order valence-corrected chi connectivity index (χ2v) is 12.2. The molecule has 0 bridgehead atoms. The third-order valence-electron chi connectivity index (χ3n) is 9.14. The Hall–Kier alpha value is -2.06. The Labute approximate surface area is 233 Å². The normalized spacial score (nSPS) is 24.7. The van der Waals surface area contributed by atoms with Crippen molar-refractivity contribution in [1.29, 1.82) is 0 Å². The number of likely N-dealkylation sites (tertiary alicyclic amines) is 1. The van der Waals surface area contributed by atoms with Gasteiger partial charge in [0.2, 0.25) is 5.91 Å². The first-order chi connectivity index (χ1) is 18.4. The minimum absolute atomic E-state index is 0.00326. The molecule has 2 saturated heterocycles. The third-order valence-corrected chi connectivity index (χ3v) is 9.39. The van der Waals surface area contributed by atoms with Gasteiger partial charge in [-0.15, -0.1) is 0 Å². The van der Waals surface area contributed by atoms with E-state index in [2.05, 4.69) is 56.0 Å². The lowest BCUT2D eigenvalue weighted by Gasteiger charge is -2.50. The van der Waals surface area contributed by atoms with Gasteiger partial charge < -0.3 is 10.2 Å². The molecule has 2 aromatic rings. The van der Waals surface area contributed by atoms with E-state index >= 15 is 0 Å². The van der Waals surface area contributed by atoms with Gasteiger partial charge in [0.05, 0.1) is 5.92 Å². The molecule has 206 valence electrons. The van der Waals surface area contributed by atoms with E-state index in [1.165, 1.54) is 37.7 Å². The molecule has 1 saturated carbocycles. The fourth-order valence-electron chi connectivity index (χ4n) is 6.86. The van der Waals surface area contributed by atoms with Gasteiger partial charge in [-0.25, -0.2) is 9.97 Å². The summed E-state index contributed by atoms with van der Waals surface area (Å²) in [4.78, 5) is 29.5. The van der Waals surface area contributed by atoms with Crippen molar-refractivity contribution in [3.63, 3.8) is 0 Å². The fourth-order valence-corrected chi connectivity index (χ4v) is 6.99. The predicted octanol–water partition coefficient (Wildman–Crippen LogP) is 4.19. The van der Waals surface area contributed by atoms with E-state index in [1.54, 1.807) is 6.33 Å². The van der Waals surface area contributed by atoms with Crippen molar-refractivity contribution in [3.05, 3.63) is 59.1 Å². The van der Waals surface area contributed by atoms with E-state index in [9.17, 15) is 4.79 Å². The summed E-state index contributed by atoms with van der Waals surface area (Å²) in [6.07, 6.45) is 11.7. The van der Waals surface area contributed by atoms with E-state index in [0.29, 0.717) is 11.9 Å². The third kappa shape index (κ3) is 6.22. The molecule has 7 nitrogen and oxygen atoms in total. The fraction of sp³-hybridized carbons (Fsp3) is 0.633. The Kier molecular flexibility index (Phi) is 8.99. The molecular weight excluding hydrogens is 496 g/mol. The second-order valence-electron chi connectivity index (χ2n) is 11.8. The summed E-state index contributed by atoms with van der Waals surface area (Å²) in [6, 6.07) is 8.56. The van der Waals surface area contributed by atoms with Gasteiger partial charge in [0.15, 0.2) is 0 Å². The van der Waals surface area contributed by atoms with Crippen molar-refractivity contribution in [1.82, 2.24) is 30.0 Å². The van der Waals surface area contributed by atoms with Gasteiger partial charge in [0.25, 0.3) is 0 Å². The van der Waals surface area contributed by atoms with Crippen molar-refractivity contribution >= 4 is 17.5 Å². The molecule has 0 spiro atoms. The maximum absolute atomic E-state index is 13.9. The van der Waals surface area contributed by atoms with Gasteiger partial charge >= 0.3 is 0 Å². The van der Waals surface area contributed by atoms with Crippen molar-refractivity contribution < 1.29 is 4.79 Å². The summed E-state index contributed by atoms with van der Waals surface area (Å²) in [5, 5.41) is 4.46. The Morgan fingerprint density at radius 1 is 1.03 bits per heavy atom. The van der Waals surface area contributed by atoms with Gasteiger partial charge in [0.1, 0.15) is 6.33 Å². The highest BCUT2D eigenvalue weighted by molar-refractivity contribution is 6.30. The van der Waals surface area contributed by atoms with Crippen molar-refractivity contribution in [2.75, 3.05) is 45.8 Å². The zero-order valence-electron chi connectivity index (χ0n) is 23.0. The average Bonchev–Trinajstić information content (AvgIpc) is 3.40. The minimum atomic E-state index is 0.00326. The molecule has 3 fully saturated rings. The van der Waals surface area contributed by atoms with Crippen LogP contribution in [0, 0.1) is 5.92 Å². The highest BCUT2D eigenvalue weighted by atomic mass is 35.5. The first kappa shape index (κ1) is 27.5. The second kappa shape index (κ2) is 12.4. The molecule has 3 aliphatic rings. The first-order valence-electron chi connectivity index (χ1n) is 14.4. The van der Waals surface area contributed by atoms with Gasteiger partial charge in [0, 0.05) is 92.8 Å². The molecule has 0 unspecified atom stereocenters. The summed E-state index contributed by atoms with van der Waals surface area (Å²) in [7, 11) is 0. The molecule has 1 N–H and O–H groups in total. The van der Waals surface area contributed by atoms with Crippen LogP contribution in [0.1, 0.15) is 63.0 Å². The Morgan fingerprint density at radius 2 is 1.71 bits per heavy atom. The molecule has 38 heavy (non-hydrogen) atoms. The summed E-state index contributed by atoms with van der Waals surface area (Å²) in [5.74, 6) is 0.548. The summed E-state index contributed by atoms with van der Waals surface area (Å²) < 4.78 is 0. The molecule has 2 aliphatic heterocycles. The number of hydrogen-bond acceptors (Lipinski definition) is 6. The standard InChI is InChI=1S/C30H43ClN6O/c1-23(2)36-19-27(25-6-8-26(31)9-7-25)28(20-36)29(38)35-12-14-37(15-13-35)30(10-4-3-5-11-30)21-32-16-24-17-33-22-34-18-24/h6-9,17-18,22-23,27-28,32H,3-5,10-16,19-21H2,1-2H3/t27-,28+/m1/s1. The van der Waals surface area contributed by atoms with Crippen molar-refractivity contribution in [2.45, 2.75) is 70.0 Å². The lowest BCUT2D eigenvalue weighted by Crippen LogP contribution is -2.62. The average molecular weight is 539 g/mol. The zero-order valence-corrected chi connectivity index (χ0v) is 23.7. The Balaban J connectivity index is 1.22. The lowest BCUT2D eigenvalue weighted by molar-refractivity contribution is -0.138. The minimum Gasteiger partial charge on any atom is -0.340 e. The number of aromatic nitrogens is 2. The van der Waals surface area contributed by atoms with E-state index in [1.807, 2.05) is 24.5 Å². The molecule has 1 amide bonds. The highest BCUT2D eigenvalue weighted by Gasteiger charge is 2.43. The molecule has 1 aliphatic carbocycles. The number of nitrogens with one attached hydrogen (secondary N) is 1. The number of halogens is 1. The van der Waals surface area contributed by atoms with E-state index in [-0.39, 0.29) is 17.4 Å². The van der Waals surface area contributed by atoms with Crippen LogP contribution in [0.4, 0.5) is 0 Å². The molecule has 2 atom stereocenters. The molecule has 1 aromatic heterocycles. The number of rotatable bonds is 8. The Morgan fingerprint density at radius 3 is 2.37 bits per heavy atom. The van der Waals surface area contributed by atoms with E-state index < -0.39 is 0 Å². The van der Waals surface area contributed by atoms with Crippen molar-refractivity contribution in [3.8, 4) is 0 Å². The first-order valence-corrected chi connectivity index (χ1v) is 14.8. The van der Waals surface area contributed by atoms with Crippen LogP contribution in [-0.4, -0.2) is 88.0 Å². The molecular formula is C30H43ClN6O. The molecule has 1 aromatic carbocycles. The summed E-state index contributed by atoms with van der Waals surface area (Å²) in [5.41, 5.74) is 2.53. The summed E-state index contributed by atoms with van der Waals surface area (Å²) >= 11 is 6.17. The van der Waals surface area contributed by atoms with Crippen molar-refractivity contribution in [2.24, 2.45) is 5.92 Å². The topological polar surface area (TPSA) is 64.6 Å². The number of piperazine rings is 1.